The molecule has 35 heavy (non-hydrogen) atoms. The molecular weight excluding hydrogens is 438 g/mol. The van der Waals surface area contributed by atoms with Crippen LogP contribution in [0.5, 0.6) is 11.5 Å². The summed E-state index contributed by atoms with van der Waals surface area (Å²) >= 11 is 0. The molecule has 3 aromatic carbocycles. The zero-order chi connectivity index (χ0) is 24.2. The normalized spacial score (nSPS) is 15.7. The van der Waals surface area contributed by atoms with Crippen LogP contribution < -0.4 is 9.47 Å². The number of benzene rings is 3. The van der Waals surface area contributed by atoms with E-state index < -0.39 is 0 Å². The Hall–Kier alpha value is -3.80. The second-order valence-electron chi connectivity index (χ2n) is 8.98. The lowest BCUT2D eigenvalue weighted by Crippen LogP contribution is -2.24. The van der Waals surface area contributed by atoms with E-state index in [-0.39, 0.29) is 11.8 Å². The number of carbonyl (C=O) groups is 1. The van der Waals surface area contributed by atoms with Gasteiger partial charge in [-0.3, -0.25) is 4.79 Å². The molecule has 1 fully saturated rings. The molecule has 0 saturated carbocycles. The number of para-hydroxylation sites is 2. The Balaban J connectivity index is 1.31. The third kappa shape index (κ3) is 5.02. The van der Waals surface area contributed by atoms with E-state index in [1.165, 1.54) is 5.56 Å². The number of likely N-dealkylation sites (tertiary alicyclic amines) is 1. The van der Waals surface area contributed by atoms with Crippen LogP contribution in [0.25, 0.3) is 11.0 Å². The molecule has 6 heteroatoms. The van der Waals surface area contributed by atoms with E-state index in [0.29, 0.717) is 32.7 Å². The van der Waals surface area contributed by atoms with Crippen LogP contribution in [0.3, 0.4) is 0 Å². The summed E-state index contributed by atoms with van der Waals surface area (Å²) in [5.74, 6) is 2.86. The minimum absolute atomic E-state index is 0.0528. The average Bonchev–Trinajstić information content (AvgIpc) is 3.45. The van der Waals surface area contributed by atoms with E-state index >= 15 is 0 Å². The van der Waals surface area contributed by atoms with Crippen molar-refractivity contribution >= 4 is 16.9 Å². The van der Waals surface area contributed by atoms with Crippen molar-refractivity contribution in [3.8, 4) is 11.5 Å². The standard InChI is InChI=1S/C29H31N3O3/c1-3-21-8-14-25(15-9-21)35-17-16-32-27-7-5-4-6-26(27)30-29(32)23-18-28(33)31(20-23)19-22-10-12-24(34-2)13-11-22/h4-15,23H,3,16-20H2,1-2H3. The maximum absolute atomic E-state index is 12.9. The maximum atomic E-state index is 12.9. The van der Waals surface area contributed by atoms with Gasteiger partial charge >= 0.3 is 0 Å². The molecule has 0 bridgehead atoms. The van der Waals surface area contributed by atoms with Gasteiger partial charge < -0.3 is 18.9 Å². The molecule has 0 N–H and O–H groups in total. The van der Waals surface area contributed by atoms with E-state index in [1.54, 1.807) is 7.11 Å². The number of ether oxygens (including phenoxy) is 2. The number of hydrogen-bond acceptors (Lipinski definition) is 4. The molecule has 0 radical (unpaired) electrons. The number of hydrogen-bond donors (Lipinski definition) is 0. The number of carbonyl (C=O) groups excluding carboxylic acids is 1. The zero-order valence-electron chi connectivity index (χ0n) is 20.3. The fourth-order valence-electron chi connectivity index (χ4n) is 4.77. The van der Waals surface area contributed by atoms with Crippen LogP contribution in [0, 0.1) is 0 Å². The lowest BCUT2D eigenvalue weighted by atomic mass is 10.1. The molecule has 5 rings (SSSR count). The number of aromatic nitrogens is 2. The first kappa shape index (κ1) is 23.0. The second-order valence-corrected chi connectivity index (χ2v) is 8.98. The molecule has 0 spiro atoms. The number of nitrogens with zero attached hydrogens (tertiary/aromatic N) is 3. The van der Waals surface area contributed by atoms with Crippen molar-refractivity contribution in [1.29, 1.82) is 0 Å². The van der Waals surface area contributed by atoms with Gasteiger partial charge in [0.1, 0.15) is 23.9 Å². The van der Waals surface area contributed by atoms with Crippen LogP contribution >= 0.6 is 0 Å². The Morgan fingerprint density at radius 1 is 0.943 bits per heavy atom. The SMILES string of the molecule is CCc1ccc(OCCn2c(C3CC(=O)N(Cc4ccc(OC)cc4)C3)nc3ccccc32)cc1. The van der Waals surface area contributed by atoms with Crippen LogP contribution in [0.1, 0.15) is 36.2 Å². The molecule has 1 unspecified atom stereocenters. The fourth-order valence-corrected chi connectivity index (χ4v) is 4.77. The minimum Gasteiger partial charge on any atom is -0.497 e. The molecule has 4 aromatic rings. The topological polar surface area (TPSA) is 56.6 Å². The Kier molecular flexibility index (Phi) is 6.70. The Morgan fingerprint density at radius 3 is 2.40 bits per heavy atom. The lowest BCUT2D eigenvalue weighted by molar-refractivity contribution is -0.128. The number of amides is 1. The monoisotopic (exact) mass is 469 g/mol. The quantitative estimate of drug-likeness (QED) is 0.338. The molecule has 1 aliphatic rings. The van der Waals surface area contributed by atoms with E-state index in [2.05, 4.69) is 29.7 Å². The molecule has 2 heterocycles. The summed E-state index contributed by atoms with van der Waals surface area (Å²) in [4.78, 5) is 19.8. The summed E-state index contributed by atoms with van der Waals surface area (Å²) in [5.41, 5.74) is 4.42. The number of fused-ring (bicyclic) bond motifs is 1. The Bertz CT molecular complexity index is 1300. The number of imidazole rings is 1. The van der Waals surface area contributed by atoms with Gasteiger partial charge in [-0.05, 0) is 53.9 Å². The van der Waals surface area contributed by atoms with Gasteiger partial charge in [0.05, 0.1) is 24.7 Å². The summed E-state index contributed by atoms with van der Waals surface area (Å²) in [5, 5.41) is 0. The predicted molar refractivity (Wildman–Crippen MR) is 137 cm³/mol. The minimum atomic E-state index is 0.0528. The highest BCUT2D eigenvalue weighted by atomic mass is 16.5. The first-order valence-electron chi connectivity index (χ1n) is 12.2. The van der Waals surface area contributed by atoms with Crippen molar-refractivity contribution in [1.82, 2.24) is 14.5 Å². The van der Waals surface area contributed by atoms with Crippen molar-refractivity contribution < 1.29 is 14.3 Å². The van der Waals surface area contributed by atoms with Crippen LogP contribution in [-0.2, 0) is 24.3 Å². The smallest absolute Gasteiger partial charge is 0.223 e. The van der Waals surface area contributed by atoms with Crippen LogP contribution in [-0.4, -0.2) is 40.6 Å². The van der Waals surface area contributed by atoms with Gasteiger partial charge in [0.15, 0.2) is 0 Å². The average molecular weight is 470 g/mol. The third-order valence-corrected chi connectivity index (χ3v) is 6.71. The molecule has 1 saturated heterocycles. The van der Waals surface area contributed by atoms with Gasteiger partial charge in [0.25, 0.3) is 0 Å². The van der Waals surface area contributed by atoms with E-state index in [9.17, 15) is 4.79 Å². The van der Waals surface area contributed by atoms with Gasteiger partial charge in [0, 0.05) is 25.4 Å². The van der Waals surface area contributed by atoms with Crippen molar-refractivity contribution in [3.05, 3.63) is 89.7 Å². The highest BCUT2D eigenvalue weighted by Gasteiger charge is 2.34. The molecule has 1 atom stereocenters. The van der Waals surface area contributed by atoms with E-state index in [1.807, 2.05) is 59.5 Å². The maximum Gasteiger partial charge on any atom is 0.223 e. The highest BCUT2D eigenvalue weighted by molar-refractivity contribution is 5.81. The summed E-state index contributed by atoms with van der Waals surface area (Å²) in [6.45, 7) is 4.61. The van der Waals surface area contributed by atoms with E-state index in [0.717, 1.165) is 40.3 Å². The Morgan fingerprint density at radius 2 is 1.66 bits per heavy atom. The van der Waals surface area contributed by atoms with Crippen molar-refractivity contribution in [2.45, 2.75) is 38.8 Å². The Labute approximate surface area is 206 Å². The molecule has 180 valence electrons. The van der Waals surface area contributed by atoms with Gasteiger partial charge in [-0.15, -0.1) is 0 Å². The predicted octanol–water partition coefficient (Wildman–Crippen LogP) is 5.20. The van der Waals surface area contributed by atoms with Gasteiger partial charge in [-0.1, -0.05) is 43.3 Å². The van der Waals surface area contributed by atoms with Gasteiger partial charge in [0.2, 0.25) is 5.91 Å². The summed E-state index contributed by atoms with van der Waals surface area (Å²) in [7, 11) is 1.66. The second kappa shape index (κ2) is 10.2. The van der Waals surface area contributed by atoms with Crippen LogP contribution in [0.4, 0.5) is 0 Å². The highest BCUT2D eigenvalue weighted by Crippen LogP contribution is 2.31. The molecule has 1 amide bonds. The van der Waals surface area contributed by atoms with Crippen LogP contribution in [0.2, 0.25) is 0 Å². The third-order valence-electron chi connectivity index (χ3n) is 6.71. The largest absolute Gasteiger partial charge is 0.497 e. The number of aryl methyl sites for hydroxylation is 1. The number of methoxy groups -OCH3 is 1. The fraction of sp³-hybridized carbons (Fsp3) is 0.310. The van der Waals surface area contributed by atoms with Gasteiger partial charge in [-0.2, -0.15) is 0 Å². The molecule has 1 aliphatic heterocycles. The summed E-state index contributed by atoms with van der Waals surface area (Å²) in [6, 6.07) is 24.3. The lowest BCUT2D eigenvalue weighted by Gasteiger charge is -2.18. The van der Waals surface area contributed by atoms with Crippen molar-refractivity contribution in [3.63, 3.8) is 0 Å². The van der Waals surface area contributed by atoms with Crippen molar-refractivity contribution in [2.24, 2.45) is 0 Å². The van der Waals surface area contributed by atoms with Crippen LogP contribution in [0.15, 0.2) is 72.8 Å². The molecule has 0 aliphatic carbocycles. The summed E-state index contributed by atoms with van der Waals surface area (Å²) in [6.07, 6.45) is 1.49. The molecular formula is C29H31N3O3. The van der Waals surface area contributed by atoms with Crippen molar-refractivity contribution in [2.75, 3.05) is 20.3 Å². The first-order valence-corrected chi connectivity index (χ1v) is 12.2. The molecule has 6 nitrogen and oxygen atoms in total. The zero-order valence-corrected chi connectivity index (χ0v) is 20.3. The van der Waals surface area contributed by atoms with Gasteiger partial charge in [-0.25, -0.2) is 4.98 Å². The van der Waals surface area contributed by atoms with E-state index in [4.69, 9.17) is 14.5 Å². The number of rotatable bonds is 9. The first-order chi connectivity index (χ1) is 17.1. The summed E-state index contributed by atoms with van der Waals surface area (Å²) < 4.78 is 13.5. The molecule has 1 aromatic heterocycles.